The summed E-state index contributed by atoms with van der Waals surface area (Å²) in [6, 6.07) is 0. The summed E-state index contributed by atoms with van der Waals surface area (Å²) in [6.07, 6.45) is 0. The van der Waals surface area contributed by atoms with Crippen LogP contribution in [0.3, 0.4) is 0 Å². The Morgan fingerprint density at radius 3 is 2.25 bits per heavy atom. The molecule has 1 aliphatic rings. The van der Waals surface area contributed by atoms with Gasteiger partial charge in [0.15, 0.2) is 0 Å². The van der Waals surface area contributed by atoms with Gasteiger partial charge in [0.25, 0.3) is 0 Å². The lowest BCUT2D eigenvalue weighted by molar-refractivity contribution is 0.311. The second kappa shape index (κ2) is 4.25. The number of aryl methyl sites for hydroxylation is 1. The van der Waals surface area contributed by atoms with E-state index in [4.69, 9.17) is 5.73 Å². The number of aromatic nitrogens is 2. The molecule has 0 radical (unpaired) electrons. The minimum absolute atomic E-state index is 0.599. The van der Waals surface area contributed by atoms with Gasteiger partial charge < -0.3 is 15.5 Å². The Kier molecular flexibility index (Phi) is 2.96. The van der Waals surface area contributed by atoms with Crippen molar-refractivity contribution >= 4 is 11.8 Å². The maximum atomic E-state index is 5.87. The van der Waals surface area contributed by atoms with E-state index in [0.717, 1.165) is 43.4 Å². The standard InChI is InChI=1S/C11H19N5/c1-8-9(2)13-11(14-10(8)12)16-6-4-15(3)5-7-16/h4-7H2,1-3H3,(H2,12,13,14). The lowest BCUT2D eigenvalue weighted by Crippen LogP contribution is -2.45. The molecule has 2 rings (SSSR count). The van der Waals surface area contributed by atoms with Gasteiger partial charge in [-0.1, -0.05) is 0 Å². The average Bonchev–Trinajstić information content (AvgIpc) is 2.26. The van der Waals surface area contributed by atoms with Gasteiger partial charge in [-0.2, -0.15) is 4.98 Å². The minimum Gasteiger partial charge on any atom is -0.383 e. The van der Waals surface area contributed by atoms with E-state index in [-0.39, 0.29) is 0 Å². The van der Waals surface area contributed by atoms with E-state index in [2.05, 4.69) is 26.8 Å². The van der Waals surface area contributed by atoms with Crippen molar-refractivity contribution in [2.24, 2.45) is 0 Å². The van der Waals surface area contributed by atoms with Crippen molar-refractivity contribution in [3.05, 3.63) is 11.3 Å². The number of nitrogen functional groups attached to an aromatic ring is 1. The molecule has 0 aromatic carbocycles. The number of rotatable bonds is 1. The van der Waals surface area contributed by atoms with Crippen LogP contribution in [-0.4, -0.2) is 48.1 Å². The Morgan fingerprint density at radius 1 is 1.06 bits per heavy atom. The Balaban J connectivity index is 2.21. The zero-order chi connectivity index (χ0) is 11.7. The lowest BCUT2D eigenvalue weighted by atomic mass is 10.2. The third kappa shape index (κ3) is 2.09. The lowest BCUT2D eigenvalue weighted by Gasteiger charge is -2.32. The zero-order valence-electron chi connectivity index (χ0n) is 10.2. The molecule has 0 bridgehead atoms. The van der Waals surface area contributed by atoms with Crippen LogP contribution in [0.5, 0.6) is 0 Å². The van der Waals surface area contributed by atoms with Crippen LogP contribution in [0.1, 0.15) is 11.3 Å². The first kappa shape index (κ1) is 11.1. The highest BCUT2D eigenvalue weighted by atomic mass is 15.3. The number of nitrogens with zero attached hydrogens (tertiary/aromatic N) is 4. The Hall–Kier alpha value is -1.36. The summed E-state index contributed by atoms with van der Waals surface area (Å²) in [4.78, 5) is 13.4. The molecule has 5 heteroatoms. The van der Waals surface area contributed by atoms with Gasteiger partial charge in [-0.15, -0.1) is 0 Å². The molecule has 88 valence electrons. The summed E-state index contributed by atoms with van der Waals surface area (Å²) >= 11 is 0. The first-order chi connectivity index (χ1) is 7.58. The van der Waals surface area contributed by atoms with E-state index in [1.54, 1.807) is 0 Å². The monoisotopic (exact) mass is 221 g/mol. The third-order valence-electron chi connectivity index (χ3n) is 3.20. The summed E-state index contributed by atoms with van der Waals surface area (Å²) in [5.41, 5.74) is 7.82. The molecule has 5 nitrogen and oxygen atoms in total. The fourth-order valence-electron chi connectivity index (χ4n) is 1.78. The highest BCUT2D eigenvalue weighted by Crippen LogP contribution is 2.17. The van der Waals surface area contributed by atoms with Crippen LogP contribution in [0.25, 0.3) is 0 Å². The number of likely N-dealkylation sites (N-methyl/N-ethyl adjacent to an activating group) is 1. The van der Waals surface area contributed by atoms with Crippen LogP contribution in [-0.2, 0) is 0 Å². The molecule has 16 heavy (non-hydrogen) atoms. The Labute approximate surface area is 96.3 Å². The molecule has 0 saturated carbocycles. The van der Waals surface area contributed by atoms with Crippen LogP contribution in [0.15, 0.2) is 0 Å². The van der Waals surface area contributed by atoms with Crippen LogP contribution < -0.4 is 10.6 Å². The summed E-state index contributed by atoms with van der Waals surface area (Å²) < 4.78 is 0. The van der Waals surface area contributed by atoms with Gasteiger partial charge in [0, 0.05) is 37.4 Å². The van der Waals surface area contributed by atoms with Crippen molar-refractivity contribution in [1.29, 1.82) is 0 Å². The molecule has 1 saturated heterocycles. The molecule has 0 spiro atoms. The molecular weight excluding hydrogens is 202 g/mol. The van der Waals surface area contributed by atoms with Gasteiger partial charge in [-0.3, -0.25) is 0 Å². The molecule has 2 N–H and O–H groups in total. The molecule has 2 heterocycles. The van der Waals surface area contributed by atoms with Crippen molar-refractivity contribution in [2.75, 3.05) is 43.9 Å². The van der Waals surface area contributed by atoms with Crippen LogP contribution in [0.2, 0.25) is 0 Å². The highest BCUT2D eigenvalue weighted by molar-refractivity contribution is 5.47. The predicted molar refractivity (Wildman–Crippen MR) is 65.6 cm³/mol. The van der Waals surface area contributed by atoms with Gasteiger partial charge >= 0.3 is 0 Å². The van der Waals surface area contributed by atoms with Crippen molar-refractivity contribution in [1.82, 2.24) is 14.9 Å². The van der Waals surface area contributed by atoms with Gasteiger partial charge in [-0.25, -0.2) is 4.98 Å². The molecule has 0 amide bonds. The molecule has 1 fully saturated rings. The van der Waals surface area contributed by atoms with E-state index in [9.17, 15) is 0 Å². The van der Waals surface area contributed by atoms with Crippen LogP contribution in [0, 0.1) is 13.8 Å². The van der Waals surface area contributed by atoms with E-state index >= 15 is 0 Å². The van der Waals surface area contributed by atoms with Crippen molar-refractivity contribution in [3.63, 3.8) is 0 Å². The zero-order valence-corrected chi connectivity index (χ0v) is 10.2. The first-order valence-electron chi connectivity index (χ1n) is 5.62. The minimum atomic E-state index is 0.599. The van der Waals surface area contributed by atoms with Crippen molar-refractivity contribution < 1.29 is 0 Å². The first-order valence-corrected chi connectivity index (χ1v) is 5.62. The smallest absolute Gasteiger partial charge is 0.227 e. The molecule has 0 aliphatic carbocycles. The molecule has 1 aliphatic heterocycles. The van der Waals surface area contributed by atoms with Crippen LogP contribution >= 0.6 is 0 Å². The summed E-state index contributed by atoms with van der Waals surface area (Å²) in [5, 5.41) is 0. The van der Waals surface area contributed by atoms with E-state index in [0.29, 0.717) is 5.82 Å². The number of nitrogens with two attached hydrogens (primary N) is 1. The van der Waals surface area contributed by atoms with Crippen molar-refractivity contribution in [3.8, 4) is 0 Å². The number of anilines is 2. The van der Waals surface area contributed by atoms with E-state index in [1.807, 2.05) is 13.8 Å². The largest absolute Gasteiger partial charge is 0.383 e. The average molecular weight is 221 g/mol. The van der Waals surface area contributed by atoms with Gasteiger partial charge in [0.1, 0.15) is 5.82 Å². The third-order valence-corrected chi connectivity index (χ3v) is 3.20. The number of piperazine rings is 1. The second-order valence-corrected chi connectivity index (χ2v) is 4.41. The summed E-state index contributed by atoms with van der Waals surface area (Å²) in [7, 11) is 2.13. The molecular formula is C11H19N5. The normalized spacial score (nSPS) is 17.8. The molecule has 0 atom stereocenters. The van der Waals surface area contributed by atoms with Gasteiger partial charge in [0.05, 0.1) is 0 Å². The Morgan fingerprint density at radius 2 is 1.69 bits per heavy atom. The van der Waals surface area contributed by atoms with Gasteiger partial charge in [0.2, 0.25) is 5.95 Å². The van der Waals surface area contributed by atoms with Gasteiger partial charge in [-0.05, 0) is 20.9 Å². The second-order valence-electron chi connectivity index (χ2n) is 4.41. The molecule has 1 aromatic heterocycles. The maximum Gasteiger partial charge on any atom is 0.227 e. The molecule has 1 aromatic rings. The predicted octanol–water partition coefficient (Wildman–Crippen LogP) is 0.427. The van der Waals surface area contributed by atoms with E-state index < -0.39 is 0 Å². The topological polar surface area (TPSA) is 58.3 Å². The fraction of sp³-hybridized carbons (Fsp3) is 0.636. The molecule has 0 unspecified atom stereocenters. The quantitative estimate of drug-likeness (QED) is 0.745. The SMILES string of the molecule is Cc1nc(N2CCN(C)CC2)nc(N)c1C. The number of hydrogen-bond donors (Lipinski definition) is 1. The summed E-state index contributed by atoms with van der Waals surface area (Å²) in [6.45, 7) is 7.98. The number of hydrogen-bond acceptors (Lipinski definition) is 5. The summed E-state index contributed by atoms with van der Waals surface area (Å²) in [5.74, 6) is 1.37. The van der Waals surface area contributed by atoms with E-state index in [1.165, 1.54) is 0 Å². The fourth-order valence-corrected chi connectivity index (χ4v) is 1.78. The van der Waals surface area contributed by atoms with Crippen LogP contribution in [0.4, 0.5) is 11.8 Å². The Bertz CT molecular complexity index is 359. The van der Waals surface area contributed by atoms with Crippen molar-refractivity contribution in [2.45, 2.75) is 13.8 Å². The highest BCUT2D eigenvalue weighted by Gasteiger charge is 2.17. The maximum absolute atomic E-state index is 5.87.